The van der Waals surface area contributed by atoms with Crippen molar-refractivity contribution >= 4 is 15.7 Å². The van der Waals surface area contributed by atoms with Crippen molar-refractivity contribution in [3.05, 3.63) is 48.0 Å². The molecular formula is C16H19NO4S. The molecule has 22 heavy (non-hydrogen) atoms. The SMILES string of the molecule is CCOc1ccc(S(=O)(=O)Nc2ccc(OC)c(C)c2)cc1. The van der Waals surface area contributed by atoms with Gasteiger partial charge in [0, 0.05) is 5.69 Å². The van der Waals surface area contributed by atoms with E-state index in [1.54, 1.807) is 37.4 Å². The fourth-order valence-corrected chi connectivity index (χ4v) is 3.09. The molecule has 0 heterocycles. The summed E-state index contributed by atoms with van der Waals surface area (Å²) in [4.78, 5) is 0.185. The van der Waals surface area contributed by atoms with Crippen LogP contribution >= 0.6 is 0 Å². The van der Waals surface area contributed by atoms with Crippen LogP contribution in [0, 0.1) is 6.92 Å². The summed E-state index contributed by atoms with van der Waals surface area (Å²) in [5, 5.41) is 0. The van der Waals surface area contributed by atoms with E-state index in [2.05, 4.69) is 4.72 Å². The maximum Gasteiger partial charge on any atom is 0.261 e. The molecule has 6 heteroatoms. The summed E-state index contributed by atoms with van der Waals surface area (Å²) < 4.78 is 37.7. The Hall–Kier alpha value is -2.21. The zero-order chi connectivity index (χ0) is 16.2. The molecule has 0 saturated heterocycles. The second-order valence-corrected chi connectivity index (χ2v) is 6.38. The first kappa shape index (κ1) is 16.2. The molecule has 0 atom stereocenters. The Morgan fingerprint density at radius 3 is 2.32 bits per heavy atom. The molecule has 0 aliphatic carbocycles. The monoisotopic (exact) mass is 321 g/mol. The summed E-state index contributed by atoms with van der Waals surface area (Å²) in [6, 6.07) is 11.4. The summed E-state index contributed by atoms with van der Waals surface area (Å²) in [5.74, 6) is 1.35. The highest BCUT2D eigenvalue weighted by Gasteiger charge is 2.14. The molecule has 5 nitrogen and oxygen atoms in total. The van der Waals surface area contributed by atoms with Gasteiger partial charge in [0.15, 0.2) is 0 Å². The van der Waals surface area contributed by atoms with E-state index in [9.17, 15) is 8.42 Å². The number of ether oxygens (including phenoxy) is 2. The molecule has 0 fully saturated rings. The second-order valence-electron chi connectivity index (χ2n) is 4.69. The highest BCUT2D eigenvalue weighted by atomic mass is 32.2. The zero-order valence-electron chi connectivity index (χ0n) is 12.8. The van der Waals surface area contributed by atoms with Gasteiger partial charge in [0.1, 0.15) is 11.5 Å². The molecule has 0 bridgehead atoms. The van der Waals surface area contributed by atoms with Gasteiger partial charge < -0.3 is 9.47 Å². The van der Waals surface area contributed by atoms with Gasteiger partial charge in [-0.25, -0.2) is 8.42 Å². The summed E-state index contributed by atoms with van der Waals surface area (Å²) in [5.41, 5.74) is 1.35. The van der Waals surface area contributed by atoms with Crippen LogP contribution in [0.3, 0.4) is 0 Å². The highest BCUT2D eigenvalue weighted by Crippen LogP contribution is 2.24. The van der Waals surface area contributed by atoms with Crippen molar-refractivity contribution in [3.63, 3.8) is 0 Å². The fraction of sp³-hybridized carbons (Fsp3) is 0.250. The Bertz CT molecular complexity index is 739. The molecule has 0 unspecified atom stereocenters. The van der Waals surface area contributed by atoms with Gasteiger partial charge in [-0.3, -0.25) is 4.72 Å². The minimum atomic E-state index is -3.63. The van der Waals surface area contributed by atoms with Crippen molar-refractivity contribution < 1.29 is 17.9 Å². The number of methoxy groups -OCH3 is 1. The molecule has 2 aromatic rings. The van der Waals surface area contributed by atoms with E-state index < -0.39 is 10.0 Å². The van der Waals surface area contributed by atoms with E-state index in [1.807, 2.05) is 13.8 Å². The molecule has 0 spiro atoms. The van der Waals surface area contributed by atoms with E-state index in [0.717, 1.165) is 5.56 Å². The summed E-state index contributed by atoms with van der Waals surface area (Å²) in [7, 11) is -2.05. The van der Waals surface area contributed by atoms with Gasteiger partial charge in [0.25, 0.3) is 10.0 Å². The lowest BCUT2D eigenvalue weighted by Crippen LogP contribution is -2.13. The Kier molecular flexibility index (Phi) is 4.92. The van der Waals surface area contributed by atoms with Gasteiger partial charge in [-0.05, 0) is 61.9 Å². The normalized spacial score (nSPS) is 11.0. The van der Waals surface area contributed by atoms with Crippen LogP contribution in [0.5, 0.6) is 11.5 Å². The minimum Gasteiger partial charge on any atom is -0.496 e. The number of hydrogen-bond acceptors (Lipinski definition) is 4. The number of anilines is 1. The Morgan fingerprint density at radius 1 is 1.09 bits per heavy atom. The lowest BCUT2D eigenvalue weighted by atomic mass is 10.2. The number of benzene rings is 2. The molecule has 2 rings (SSSR count). The Balaban J connectivity index is 2.21. The number of nitrogens with one attached hydrogen (secondary N) is 1. The van der Waals surface area contributed by atoms with Gasteiger partial charge in [-0.1, -0.05) is 0 Å². The fourth-order valence-electron chi connectivity index (χ4n) is 2.04. The zero-order valence-corrected chi connectivity index (χ0v) is 13.6. The van der Waals surface area contributed by atoms with Gasteiger partial charge in [-0.2, -0.15) is 0 Å². The second kappa shape index (κ2) is 6.70. The average molecular weight is 321 g/mol. The van der Waals surface area contributed by atoms with Crippen molar-refractivity contribution in [3.8, 4) is 11.5 Å². The Labute approximate surface area is 130 Å². The van der Waals surface area contributed by atoms with Crippen molar-refractivity contribution in [2.24, 2.45) is 0 Å². The van der Waals surface area contributed by atoms with Crippen LogP contribution in [0.15, 0.2) is 47.4 Å². The van der Waals surface area contributed by atoms with Crippen molar-refractivity contribution in [2.75, 3.05) is 18.4 Å². The van der Waals surface area contributed by atoms with Crippen molar-refractivity contribution in [2.45, 2.75) is 18.7 Å². The molecule has 0 aromatic heterocycles. The minimum absolute atomic E-state index is 0.185. The van der Waals surface area contributed by atoms with Gasteiger partial charge in [0.2, 0.25) is 0 Å². The summed E-state index contributed by atoms with van der Waals surface area (Å²) in [6.07, 6.45) is 0. The van der Waals surface area contributed by atoms with Crippen LogP contribution in [0.25, 0.3) is 0 Å². The summed E-state index contributed by atoms with van der Waals surface area (Å²) in [6.45, 7) is 4.27. The topological polar surface area (TPSA) is 64.6 Å². The predicted octanol–water partition coefficient (Wildman–Crippen LogP) is 3.20. The first-order valence-corrected chi connectivity index (χ1v) is 8.35. The van der Waals surface area contributed by atoms with Crippen LogP contribution in [0.4, 0.5) is 5.69 Å². The molecule has 0 amide bonds. The van der Waals surface area contributed by atoms with Crippen molar-refractivity contribution in [1.29, 1.82) is 0 Å². The molecule has 0 aliphatic rings. The van der Waals surface area contributed by atoms with E-state index in [1.165, 1.54) is 12.1 Å². The summed E-state index contributed by atoms with van der Waals surface area (Å²) >= 11 is 0. The van der Waals surface area contributed by atoms with Gasteiger partial charge >= 0.3 is 0 Å². The molecular weight excluding hydrogens is 302 g/mol. The lowest BCUT2D eigenvalue weighted by Gasteiger charge is -2.11. The molecule has 0 aliphatic heterocycles. The molecule has 118 valence electrons. The third-order valence-corrected chi connectivity index (χ3v) is 4.49. The number of hydrogen-bond donors (Lipinski definition) is 1. The third-order valence-electron chi connectivity index (χ3n) is 3.09. The van der Waals surface area contributed by atoms with Crippen molar-refractivity contribution in [1.82, 2.24) is 0 Å². The number of rotatable bonds is 6. The number of sulfonamides is 1. The molecule has 0 radical (unpaired) electrons. The van der Waals surface area contributed by atoms with E-state index in [0.29, 0.717) is 23.8 Å². The largest absolute Gasteiger partial charge is 0.496 e. The van der Waals surface area contributed by atoms with Crippen LogP contribution in [-0.4, -0.2) is 22.1 Å². The van der Waals surface area contributed by atoms with Gasteiger partial charge in [0.05, 0.1) is 18.6 Å². The third kappa shape index (κ3) is 3.71. The van der Waals surface area contributed by atoms with E-state index in [4.69, 9.17) is 9.47 Å². The van der Waals surface area contributed by atoms with Crippen LogP contribution in [-0.2, 0) is 10.0 Å². The molecule has 2 aromatic carbocycles. The van der Waals surface area contributed by atoms with Gasteiger partial charge in [-0.15, -0.1) is 0 Å². The van der Waals surface area contributed by atoms with E-state index in [-0.39, 0.29) is 4.90 Å². The smallest absolute Gasteiger partial charge is 0.261 e. The maximum absolute atomic E-state index is 12.4. The predicted molar refractivity (Wildman–Crippen MR) is 86.2 cm³/mol. The number of aryl methyl sites for hydroxylation is 1. The van der Waals surface area contributed by atoms with E-state index >= 15 is 0 Å². The van der Waals surface area contributed by atoms with Crippen LogP contribution in [0.2, 0.25) is 0 Å². The first-order valence-electron chi connectivity index (χ1n) is 6.86. The average Bonchev–Trinajstić information content (AvgIpc) is 2.48. The molecule has 0 saturated carbocycles. The Morgan fingerprint density at radius 2 is 1.77 bits per heavy atom. The standard InChI is InChI=1S/C16H19NO4S/c1-4-21-14-6-8-15(9-7-14)22(18,19)17-13-5-10-16(20-3)12(2)11-13/h5-11,17H,4H2,1-3H3. The first-order chi connectivity index (χ1) is 10.5. The van der Waals surface area contributed by atoms with Crippen LogP contribution in [0.1, 0.15) is 12.5 Å². The lowest BCUT2D eigenvalue weighted by molar-refractivity contribution is 0.340. The van der Waals surface area contributed by atoms with Crippen LogP contribution < -0.4 is 14.2 Å². The molecule has 1 N–H and O–H groups in total. The maximum atomic E-state index is 12.4. The highest BCUT2D eigenvalue weighted by molar-refractivity contribution is 7.92. The quantitative estimate of drug-likeness (QED) is 0.887.